The summed E-state index contributed by atoms with van der Waals surface area (Å²) in [6.07, 6.45) is 0. The molecule has 0 fully saturated rings. The van der Waals surface area contributed by atoms with Crippen LogP contribution in [0.25, 0.3) is 0 Å². The fourth-order valence-corrected chi connectivity index (χ4v) is 1.34. The van der Waals surface area contributed by atoms with Crippen LogP contribution in [0, 0.1) is 5.82 Å². The fraction of sp³-hybridized carbons (Fsp3) is 0.417. The van der Waals surface area contributed by atoms with Gasteiger partial charge in [0, 0.05) is 6.04 Å². The molecule has 0 aromatic heterocycles. The Kier molecular flexibility index (Phi) is 4.43. The maximum Gasteiger partial charge on any atom is 0.227 e. The molecule has 2 N–H and O–H groups in total. The predicted molar refractivity (Wildman–Crippen MR) is 59.5 cm³/mol. The van der Waals surface area contributed by atoms with Crippen LogP contribution in [0.1, 0.15) is 25.3 Å². The summed E-state index contributed by atoms with van der Waals surface area (Å²) in [7, 11) is 0. The molecule has 3 nitrogen and oxygen atoms in total. The smallest absolute Gasteiger partial charge is 0.227 e. The number of aliphatic hydroxyl groups is 1. The first kappa shape index (κ1) is 12.6. The number of hydrogen-bond acceptors (Lipinski definition) is 2. The predicted octanol–water partition coefficient (Wildman–Crippen LogP) is 1.43. The summed E-state index contributed by atoms with van der Waals surface area (Å²) in [6.45, 7) is 3.30. The minimum Gasteiger partial charge on any atom is -0.394 e. The van der Waals surface area contributed by atoms with E-state index in [1.807, 2.05) is 0 Å². The Hall–Kier alpha value is -1.42. The van der Waals surface area contributed by atoms with Gasteiger partial charge in [-0.05, 0) is 31.5 Å². The summed E-state index contributed by atoms with van der Waals surface area (Å²) in [5.41, 5.74) is 0.627. The Bertz CT molecular complexity index is 368. The van der Waals surface area contributed by atoms with Gasteiger partial charge in [0.05, 0.1) is 12.5 Å². The molecule has 1 aromatic carbocycles. The van der Waals surface area contributed by atoms with Crippen molar-refractivity contribution in [2.24, 2.45) is 0 Å². The lowest BCUT2D eigenvalue weighted by atomic mass is 10.00. The van der Waals surface area contributed by atoms with Crippen LogP contribution in [0.15, 0.2) is 24.3 Å². The Morgan fingerprint density at radius 2 is 2.19 bits per heavy atom. The van der Waals surface area contributed by atoms with E-state index in [-0.39, 0.29) is 24.4 Å². The van der Waals surface area contributed by atoms with Gasteiger partial charge in [-0.15, -0.1) is 0 Å². The van der Waals surface area contributed by atoms with Crippen molar-refractivity contribution < 1.29 is 14.3 Å². The Labute approximate surface area is 94.3 Å². The number of rotatable bonds is 4. The van der Waals surface area contributed by atoms with E-state index in [0.717, 1.165) is 0 Å². The Balaban J connectivity index is 2.70. The topological polar surface area (TPSA) is 49.3 Å². The van der Waals surface area contributed by atoms with Gasteiger partial charge in [-0.3, -0.25) is 4.79 Å². The van der Waals surface area contributed by atoms with Gasteiger partial charge in [0.2, 0.25) is 5.91 Å². The molecule has 0 bridgehead atoms. The Morgan fingerprint density at radius 1 is 1.50 bits per heavy atom. The van der Waals surface area contributed by atoms with Crippen LogP contribution in [0.3, 0.4) is 0 Å². The molecular weight excluding hydrogens is 209 g/mol. The first-order chi connectivity index (χ1) is 7.54. The molecule has 2 atom stereocenters. The third-order valence-corrected chi connectivity index (χ3v) is 2.40. The monoisotopic (exact) mass is 225 g/mol. The van der Waals surface area contributed by atoms with E-state index < -0.39 is 5.92 Å². The normalized spacial score (nSPS) is 14.2. The molecule has 0 spiro atoms. The van der Waals surface area contributed by atoms with Gasteiger partial charge in [-0.25, -0.2) is 4.39 Å². The average molecular weight is 225 g/mol. The van der Waals surface area contributed by atoms with Crippen molar-refractivity contribution in [1.29, 1.82) is 0 Å². The molecule has 0 heterocycles. The fourth-order valence-electron chi connectivity index (χ4n) is 1.34. The minimum atomic E-state index is -0.426. The van der Waals surface area contributed by atoms with Crippen LogP contribution in [-0.2, 0) is 4.79 Å². The van der Waals surface area contributed by atoms with Gasteiger partial charge >= 0.3 is 0 Å². The number of carbonyl (C=O) groups is 1. The summed E-state index contributed by atoms with van der Waals surface area (Å²) >= 11 is 0. The zero-order valence-corrected chi connectivity index (χ0v) is 9.40. The lowest BCUT2D eigenvalue weighted by Crippen LogP contribution is -2.37. The van der Waals surface area contributed by atoms with Crippen LogP contribution in [-0.4, -0.2) is 23.7 Å². The van der Waals surface area contributed by atoms with Crippen LogP contribution in [0.5, 0.6) is 0 Å². The highest BCUT2D eigenvalue weighted by atomic mass is 19.1. The summed E-state index contributed by atoms with van der Waals surface area (Å²) < 4.78 is 12.9. The summed E-state index contributed by atoms with van der Waals surface area (Å²) in [5, 5.41) is 11.4. The molecule has 0 aliphatic heterocycles. The lowest BCUT2D eigenvalue weighted by molar-refractivity contribution is -0.123. The van der Waals surface area contributed by atoms with E-state index in [1.54, 1.807) is 26.0 Å². The number of benzene rings is 1. The molecule has 1 amide bonds. The molecule has 88 valence electrons. The van der Waals surface area contributed by atoms with Gasteiger partial charge in [0.15, 0.2) is 0 Å². The molecule has 0 aliphatic carbocycles. The van der Waals surface area contributed by atoms with Gasteiger partial charge in [0.25, 0.3) is 0 Å². The molecule has 0 saturated carbocycles. The first-order valence-corrected chi connectivity index (χ1v) is 5.21. The molecule has 4 heteroatoms. The van der Waals surface area contributed by atoms with Gasteiger partial charge in [-0.2, -0.15) is 0 Å². The van der Waals surface area contributed by atoms with Crippen molar-refractivity contribution >= 4 is 5.91 Å². The number of nitrogens with one attached hydrogen (secondary N) is 1. The van der Waals surface area contributed by atoms with E-state index in [2.05, 4.69) is 5.32 Å². The SMILES string of the molecule is CC(CO)NC(=O)C(C)c1cccc(F)c1. The molecule has 1 aromatic rings. The minimum absolute atomic E-state index is 0.110. The average Bonchev–Trinajstić information content (AvgIpc) is 2.27. The van der Waals surface area contributed by atoms with Gasteiger partial charge in [-0.1, -0.05) is 12.1 Å². The Morgan fingerprint density at radius 3 is 2.75 bits per heavy atom. The van der Waals surface area contributed by atoms with Crippen molar-refractivity contribution in [3.05, 3.63) is 35.6 Å². The maximum atomic E-state index is 12.9. The van der Waals surface area contributed by atoms with E-state index in [4.69, 9.17) is 5.11 Å². The van der Waals surface area contributed by atoms with E-state index >= 15 is 0 Å². The molecule has 0 aliphatic rings. The molecule has 2 unspecified atom stereocenters. The highest BCUT2D eigenvalue weighted by Crippen LogP contribution is 2.16. The standard InChI is InChI=1S/C12H16FNO2/c1-8(7-15)14-12(16)9(2)10-4-3-5-11(13)6-10/h3-6,8-9,15H,7H2,1-2H3,(H,14,16). The number of carbonyl (C=O) groups excluding carboxylic acids is 1. The summed E-state index contributed by atoms with van der Waals surface area (Å²) in [5.74, 6) is -0.996. The van der Waals surface area contributed by atoms with E-state index in [1.165, 1.54) is 12.1 Å². The first-order valence-electron chi connectivity index (χ1n) is 5.21. The van der Waals surface area contributed by atoms with Crippen LogP contribution in [0.2, 0.25) is 0 Å². The van der Waals surface area contributed by atoms with Crippen molar-refractivity contribution in [3.8, 4) is 0 Å². The molecule has 1 rings (SSSR count). The second kappa shape index (κ2) is 5.61. The molecule has 0 radical (unpaired) electrons. The highest BCUT2D eigenvalue weighted by Gasteiger charge is 2.16. The maximum absolute atomic E-state index is 12.9. The number of aliphatic hydroxyl groups excluding tert-OH is 1. The van der Waals surface area contributed by atoms with E-state index in [9.17, 15) is 9.18 Å². The van der Waals surface area contributed by atoms with Crippen LogP contribution < -0.4 is 5.32 Å². The van der Waals surface area contributed by atoms with Gasteiger partial charge < -0.3 is 10.4 Å². The van der Waals surface area contributed by atoms with Crippen molar-refractivity contribution in [2.45, 2.75) is 25.8 Å². The zero-order valence-electron chi connectivity index (χ0n) is 9.40. The molecular formula is C12H16FNO2. The highest BCUT2D eigenvalue weighted by molar-refractivity contribution is 5.83. The van der Waals surface area contributed by atoms with Crippen molar-refractivity contribution in [3.63, 3.8) is 0 Å². The molecule has 0 saturated heterocycles. The lowest BCUT2D eigenvalue weighted by Gasteiger charge is -2.16. The van der Waals surface area contributed by atoms with Crippen molar-refractivity contribution in [1.82, 2.24) is 5.32 Å². The largest absolute Gasteiger partial charge is 0.394 e. The second-order valence-corrected chi connectivity index (χ2v) is 3.87. The summed E-state index contributed by atoms with van der Waals surface area (Å²) in [6, 6.07) is 5.67. The van der Waals surface area contributed by atoms with Crippen LogP contribution >= 0.6 is 0 Å². The number of amides is 1. The number of hydrogen-bond donors (Lipinski definition) is 2. The van der Waals surface area contributed by atoms with Crippen LogP contribution in [0.4, 0.5) is 4.39 Å². The summed E-state index contributed by atoms with van der Waals surface area (Å²) in [4.78, 5) is 11.7. The number of halogens is 1. The van der Waals surface area contributed by atoms with Gasteiger partial charge in [0.1, 0.15) is 5.82 Å². The quantitative estimate of drug-likeness (QED) is 0.814. The van der Waals surface area contributed by atoms with E-state index in [0.29, 0.717) is 5.56 Å². The third-order valence-electron chi connectivity index (χ3n) is 2.40. The zero-order chi connectivity index (χ0) is 12.1. The molecule has 16 heavy (non-hydrogen) atoms. The third kappa shape index (κ3) is 3.31. The second-order valence-electron chi connectivity index (χ2n) is 3.87. The van der Waals surface area contributed by atoms with Crippen molar-refractivity contribution in [2.75, 3.05) is 6.61 Å².